The summed E-state index contributed by atoms with van der Waals surface area (Å²) in [7, 11) is 1.75. The summed E-state index contributed by atoms with van der Waals surface area (Å²) in [6.07, 6.45) is 1.48. The third kappa shape index (κ3) is 3.38. The number of carboxylic acid groups (broad SMARTS) is 1. The minimum atomic E-state index is -1.08. The zero-order valence-corrected chi connectivity index (χ0v) is 11.7. The number of aliphatic carboxylic acids is 1. The zero-order chi connectivity index (χ0) is 15.4. The summed E-state index contributed by atoms with van der Waals surface area (Å²) in [6, 6.07) is 6.65. The molecule has 7 nitrogen and oxygen atoms in total. The van der Waals surface area contributed by atoms with E-state index in [4.69, 9.17) is 9.84 Å². The lowest BCUT2D eigenvalue weighted by Crippen LogP contribution is -2.15. The van der Waals surface area contributed by atoms with Gasteiger partial charge in [0.05, 0.1) is 17.4 Å². The van der Waals surface area contributed by atoms with E-state index in [-0.39, 0.29) is 5.91 Å². The number of ether oxygens (including phenoxy) is 1. The molecular formula is C14H15N3O4. The largest absolute Gasteiger partial charge is 0.480 e. The predicted octanol–water partition coefficient (Wildman–Crippen LogP) is 1.44. The van der Waals surface area contributed by atoms with Gasteiger partial charge in [-0.05, 0) is 19.1 Å². The van der Waals surface area contributed by atoms with Crippen molar-refractivity contribution in [3.8, 4) is 5.75 Å². The molecule has 0 unspecified atom stereocenters. The van der Waals surface area contributed by atoms with Gasteiger partial charge in [0.2, 0.25) is 0 Å². The summed E-state index contributed by atoms with van der Waals surface area (Å²) in [5.41, 5.74) is 1.59. The SMILES string of the molecule is Cc1c(C(=O)Nc2ccccc2OCC(=O)O)cnn1C. The Hall–Kier alpha value is -2.83. The number of rotatable bonds is 5. The van der Waals surface area contributed by atoms with Crippen molar-refractivity contribution in [2.75, 3.05) is 11.9 Å². The Morgan fingerprint density at radius 1 is 1.38 bits per heavy atom. The number of benzene rings is 1. The highest BCUT2D eigenvalue weighted by atomic mass is 16.5. The highest BCUT2D eigenvalue weighted by Crippen LogP contribution is 2.24. The summed E-state index contributed by atoms with van der Waals surface area (Å²) < 4.78 is 6.73. The van der Waals surface area contributed by atoms with E-state index in [0.29, 0.717) is 17.0 Å². The van der Waals surface area contributed by atoms with Crippen molar-refractivity contribution < 1.29 is 19.4 Å². The Morgan fingerprint density at radius 3 is 2.71 bits per heavy atom. The molecule has 1 heterocycles. The van der Waals surface area contributed by atoms with Gasteiger partial charge in [0.25, 0.3) is 5.91 Å². The van der Waals surface area contributed by atoms with Gasteiger partial charge in [0.1, 0.15) is 5.75 Å². The minimum absolute atomic E-state index is 0.301. The van der Waals surface area contributed by atoms with E-state index in [1.54, 1.807) is 42.9 Å². The molecule has 2 N–H and O–H groups in total. The first-order chi connectivity index (χ1) is 9.99. The average molecular weight is 289 g/mol. The van der Waals surface area contributed by atoms with Crippen molar-refractivity contribution in [3.63, 3.8) is 0 Å². The topological polar surface area (TPSA) is 93.4 Å². The number of hydrogen-bond acceptors (Lipinski definition) is 4. The number of carbonyl (C=O) groups excluding carboxylic acids is 1. The molecule has 7 heteroatoms. The van der Waals surface area contributed by atoms with Gasteiger partial charge in [-0.2, -0.15) is 5.10 Å². The predicted molar refractivity (Wildman–Crippen MR) is 75.5 cm³/mol. The van der Waals surface area contributed by atoms with Gasteiger partial charge in [-0.3, -0.25) is 9.48 Å². The molecule has 2 rings (SSSR count). The van der Waals surface area contributed by atoms with E-state index in [1.165, 1.54) is 6.20 Å². The number of nitrogens with zero attached hydrogens (tertiary/aromatic N) is 2. The lowest BCUT2D eigenvalue weighted by Gasteiger charge is -2.11. The fraction of sp³-hybridized carbons (Fsp3) is 0.214. The second-order valence-corrected chi connectivity index (χ2v) is 4.40. The molecule has 21 heavy (non-hydrogen) atoms. The molecule has 1 aromatic carbocycles. The van der Waals surface area contributed by atoms with Crippen molar-refractivity contribution in [2.45, 2.75) is 6.92 Å². The molecule has 0 saturated carbocycles. The average Bonchev–Trinajstić information content (AvgIpc) is 2.78. The van der Waals surface area contributed by atoms with Crippen LogP contribution < -0.4 is 10.1 Å². The van der Waals surface area contributed by atoms with Gasteiger partial charge >= 0.3 is 5.97 Å². The lowest BCUT2D eigenvalue weighted by molar-refractivity contribution is -0.139. The van der Waals surface area contributed by atoms with Crippen LogP contribution in [-0.4, -0.2) is 33.4 Å². The standard InChI is InChI=1S/C14H15N3O4/c1-9-10(7-15-17(9)2)14(20)16-11-5-3-4-6-12(11)21-8-13(18)19/h3-7H,8H2,1-2H3,(H,16,20)(H,18,19). The van der Waals surface area contributed by atoms with E-state index in [0.717, 1.165) is 5.69 Å². The van der Waals surface area contributed by atoms with Gasteiger partial charge in [0.15, 0.2) is 6.61 Å². The van der Waals surface area contributed by atoms with E-state index < -0.39 is 12.6 Å². The van der Waals surface area contributed by atoms with E-state index in [9.17, 15) is 9.59 Å². The van der Waals surface area contributed by atoms with Gasteiger partial charge in [-0.25, -0.2) is 4.79 Å². The van der Waals surface area contributed by atoms with Gasteiger partial charge in [0, 0.05) is 12.7 Å². The summed E-state index contributed by atoms with van der Waals surface area (Å²) >= 11 is 0. The van der Waals surface area contributed by atoms with Crippen LogP contribution in [0.5, 0.6) is 5.75 Å². The molecule has 1 amide bonds. The van der Waals surface area contributed by atoms with Crippen LogP contribution in [0.25, 0.3) is 0 Å². The number of carboxylic acids is 1. The highest BCUT2D eigenvalue weighted by Gasteiger charge is 2.15. The first-order valence-electron chi connectivity index (χ1n) is 6.22. The highest BCUT2D eigenvalue weighted by molar-refractivity contribution is 6.05. The van der Waals surface area contributed by atoms with Crippen LogP contribution in [0.1, 0.15) is 16.1 Å². The molecule has 110 valence electrons. The number of aromatic nitrogens is 2. The number of para-hydroxylation sites is 2. The van der Waals surface area contributed by atoms with Crippen LogP contribution in [0.15, 0.2) is 30.5 Å². The fourth-order valence-electron chi connectivity index (χ4n) is 1.75. The maximum Gasteiger partial charge on any atom is 0.341 e. The Labute approximate surface area is 121 Å². The third-order valence-corrected chi connectivity index (χ3v) is 2.97. The molecule has 0 saturated heterocycles. The number of carbonyl (C=O) groups is 2. The first-order valence-corrected chi connectivity index (χ1v) is 6.22. The molecule has 0 bridgehead atoms. The summed E-state index contributed by atoms with van der Waals surface area (Å²) in [6.45, 7) is 1.31. The van der Waals surface area contributed by atoms with Crippen molar-refractivity contribution in [3.05, 3.63) is 41.7 Å². The third-order valence-electron chi connectivity index (χ3n) is 2.97. The molecule has 0 aliphatic heterocycles. The summed E-state index contributed by atoms with van der Waals surface area (Å²) in [5.74, 6) is -1.11. The number of aryl methyl sites for hydroxylation is 1. The summed E-state index contributed by atoms with van der Waals surface area (Å²) in [4.78, 5) is 22.8. The number of anilines is 1. The van der Waals surface area contributed by atoms with Crippen LogP contribution in [0.4, 0.5) is 5.69 Å². The maximum atomic E-state index is 12.2. The van der Waals surface area contributed by atoms with Crippen LogP contribution in [-0.2, 0) is 11.8 Å². The van der Waals surface area contributed by atoms with Gasteiger partial charge in [-0.1, -0.05) is 12.1 Å². The Kier molecular flexibility index (Phi) is 4.22. The van der Waals surface area contributed by atoms with E-state index in [2.05, 4.69) is 10.4 Å². The van der Waals surface area contributed by atoms with Crippen LogP contribution in [0, 0.1) is 6.92 Å². The molecule has 0 radical (unpaired) electrons. The molecule has 1 aromatic heterocycles. The van der Waals surface area contributed by atoms with Gasteiger partial charge in [-0.15, -0.1) is 0 Å². The van der Waals surface area contributed by atoms with Gasteiger partial charge < -0.3 is 15.2 Å². The molecule has 0 spiro atoms. The fourth-order valence-corrected chi connectivity index (χ4v) is 1.75. The first kappa shape index (κ1) is 14.6. The Balaban J connectivity index is 2.17. The second kappa shape index (κ2) is 6.08. The molecule has 0 aliphatic carbocycles. The number of hydrogen-bond donors (Lipinski definition) is 2. The van der Waals surface area contributed by atoms with Crippen molar-refractivity contribution >= 4 is 17.6 Å². The molecule has 0 atom stereocenters. The van der Waals surface area contributed by atoms with Crippen LogP contribution in [0.3, 0.4) is 0 Å². The lowest BCUT2D eigenvalue weighted by atomic mass is 10.2. The van der Waals surface area contributed by atoms with Crippen LogP contribution in [0.2, 0.25) is 0 Å². The van der Waals surface area contributed by atoms with Crippen molar-refractivity contribution in [1.82, 2.24) is 9.78 Å². The maximum absolute atomic E-state index is 12.2. The van der Waals surface area contributed by atoms with Crippen molar-refractivity contribution in [1.29, 1.82) is 0 Å². The van der Waals surface area contributed by atoms with Crippen LogP contribution >= 0.6 is 0 Å². The Morgan fingerprint density at radius 2 is 2.10 bits per heavy atom. The summed E-state index contributed by atoms with van der Waals surface area (Å²) in [5, 5.41) is 15.3. The van der Waals surface area contributed by atoms with Crippen molar-refractivity contribution in [2.24, 2.45) is 7.05 Å². The molecule has 0 fully saturated rings. The zero-order valence-electron chi connectivity index (χ0n) is 11.7. The normalized spacial score (nSPS) is 10.2. The quantitative estimate of drug-likeness (QED) is 0.868. The second-order valence-electron chi connectivity index (χ2n) is 4.40. The number of nitrogens with one attached hydrogen (secondary N) is 1. The molecule has 0 aliphatic rings. The molecular weight excluding hydrogens is 274 g/mol. The van der Waals surface area contributed by atoms with E-state index >= 15 is 0 Å². The minimum Gasteiger partial charge on any atom is -0.480 e. The number of amides is 1. The monoisotopic (exact) mass is 289 g/mol. The Bertz CT molecular complexity index is 679. The smallest absolute Gasteiger partial charge is 0.341 e. The van der Waals surface area contributed by atoms with E-state index in [1.807, 2.05) is 0 Å². The molecule has 2 aromatic rings.